The first-order valence-electron chi connectivity index (χ1n) is 10.8. The standard InChI is InChI=1S/C24H33N5O2.HI/c1-18(30)28-22-14-21(10-11-23(22)31-3)16-27-24(25-2)26-15-19-6-8-20(9-7-19)17-29-12-4-5-13-29;/h6-11,14H,4-5,12-13,15-17H2,1-3H3,(H,28,30)(H2,25,26,27);1H. The molecule has 174 valence electrons. The predicted octanol–water partition coefficient (Wildman–Crippen LogP) is 3.73. The van der Waals surface area contributed by atoms with E-state index in [-0.39, 0.29) is 29.9 Å². The van der Waals surface area contributed by atoms with Gasteiger partial charge in [-0.2, -0.15) is 0 Å². The van der Waals surface area contributed by atoms with Gasteiger partial charge >= 0.3 is 0 Å². The van der Waals surface area contributed by atoms with E-state index in [1.807, 2.05) is 18.2 Å². The maximum atomic E-state index is 11.4. The van der Waals surface area contributed by atoms with Gasteiger partial charge in [-0.1, -0.05) is 30.3 Å². The highest BCUT2D eigenvalue weighted by Crippen LogP contribution is 2.25. The van der Waals surface area contributed by atoms with Gasteiger partial charge in [-0.05, 0) is 54.8 Å². The number of likely N-dealkylation sites (tertiary alicyclic amines) is 1. The molecule has 0 bridgehead atoms. The van der Waals surface area contributed by atoms with Gasteiger partial charge in [0, 0.05) is 33.6 Å². The van der Waals surface area contributed by atoms with Crippen molar-refractivity contribution in [3.8, 4) is 5.75 Å². The van der Waals surface area contributed by atoms with Crippen LogP contribution in [0.4, 0.5) is 5.69 Å². The fourth-order valence-corrected chi connectivity index (χ4v) is 3.71. The molecule has 1 amide bonds. The molecular formula is C24H34IN5O2. The van der Waals surface area contributed by atoms with E-state index < -0.39 is 0 Å². The minimum absolute atomic E-state index is 0. The lowest BCUT2D eigenvalue weighted by molar-refractivity contribution is -0.114. The number of carbonyl (C=O) groups is 1. The minimum Gasteiger partial charge on any atom is -0.495 e. The Morgan fingerprint density at radius 1 is 1.00 bits per heavy atom. The summed E-state index contributed by atoms with van der Waals surface area (Å²) in [7, 11) is 3.34. The van der Waals surface area contributed by atoms with Crippen LogP contribution in [0.25, 0.3) is 0 Å². The monoisotopic (exact) mass is 551 g/mol. The maximum absolute atomic E-state index is 11.4. The van der Waals surface area contributed by atoms with Crippen LogP contribution in [0.5, 0.6) is 5.75 Å². The molecule has 1 saturated heterocycles. The molecule has 1 fully saturated rings. The number of rotatable bonds is 8. The Labute approximate surface area is 208 Å². The van der Waals surface area contributed by atoms with E-state index in [2.05, 4.69) is 50.1 Å². The topological polar surface area (TPSA) is 78.0 Å². The summed E-state index contributed by atoms with van der Waals surface area (Å²) >= 11 is 0. The molecule has 32 heavy (non-hydrogen) atoms. The first kappa shape index (κ1) is 25.9. The third-order valence-corrected chi connectivity index (χ3v) is 5.35. The second-order valence-corrected chi connectivity index (χ2v) is 7.79. The normalized spacial score (nSPS) is 13.9. The van der Waals surface area contributed by atoms with Gasteiger partial charge in [-0.3, -0.25) is 14.7 Å². The van der Waals surface area contributed by atoms with Gasteiger partial charge in [-0.25, -0.2) is 0 Å². The Balaban J connectivity index is 0.00000363. The van der Waals surface area contributed by atoms with Crippen LogP contribution >= 0.6 is 24.0 Å². The van der Waals surface area contributed by atoms with Crippen molar-refractivity contribution >= 4 is 41.5 Å². The zero-order valence-corrected chi connectivity index (χ0v) is 21.4. The molecule has 0 radical (unpaired) electrons. The number of halogens is 1. The van der Waals surface area contributed by atoms with Crippen molar-refractivity contribution in [2.75, 3.05) is 32.6 Å². The number of methoxy groups -OCH3 is 1. The van der Waals surface area contributed by atoms with Crippen LogP contribution in [0.15, 0.2) is 47.5 Å². The van der Waals surface area contributed by atoms with Crippen LogP contribution in [-0.2, 0) is 24.4 Å². The van der Waals surface area contributed by atoms with Gasteiger partial charge < -0.3 is 20.7 Å². The lowest BCUT2D eigenvalue weighted by Gasteiger charge is -2.16. The lowest BCUT2D eigenvalue weighted by atomic mass is 10.1. The van der Waals surface area contributed by atoms with Crippen molar-refractivity contribution in [1.82, 2.24) is 15.5 Å². The summed E-state index contributed by atoms with van der Waals surface area (Å²) in [6.45, 7) is 6.22. The summed E-state index contributed by atoms with van der Waals surface area (Å²) in [5, 5.41) is 9.46. The van der Waals surface area contributed by atoms with Crippen molar-refractivity contribution in [2.24, 2.45) is 4.99 Å². The van der Waals surface area contributed by atoms with E-state index in [0.29, 0.717) is 24.5 Å². The van der Waals surface area contributed by atoms with Crippen molar-refractivity contribution in [1.29, 1.82) is 0 Å². The average molecular weight is 551 g/mol. The summed E-state index contributed by atoms with van der Waals surface area (Å²) in [5.41, 5.74) is 4.25. The van der Waals surface area contributed by atoms with E-state index in [1.165, 1.54) is 44.0 Å². The Morgan fingerprint density at radius 2 is 1.59 bits per heavy atom. The highest BCUT2D eigenvalue weighted by molar-refractivity contribution is 14.0. The summed E-state index contributed by atoms with van der Waals surface area (Å²) in [4.78, 5) is 18.2. The number of ether oxygens (including phenoxy) is 1. The number of benzene rings is 2. The zero-order valence-electron chi connectivity index (χ0n) is 19.1. The molecule has 1 aliphatic heterocycles. The zero-order chi connectivity index (χ0) is 22.1. The molecule has 2 aromatic rings. The molecule has 7 nitrogen and oxygen atoms in total. The number of nitrogens with zero attached hydrogens (tertiary/aromatic N) is 2. The van der Waals surface area contributed by atoms with Crippen molar-refractivity contribution in [3.05, 3.63) is 59.2 Å². The maximum Gasteiger partial charge on any atom is 0.221 e. The second kappa shape index (κ2) is 13.3. The fourth-order valence-electron chi connectivity index (χ4n) is 3.71. The minimum atomic E-state index is -0.132. The van der Waals surface area contributed by atoms with Crippen LogP contribution in [0.1, 0.15) is 36.5 Å². The summed E-state index contributed by atoms with van der Waals surface area (Å²) in [6.07, 6.45) is 2.64. The third kappa shape index (κ3) is 7.98. The number of guanidine groups is 1. The van der Waals surface area contributed by atoms with Crippen LogP contribution in [0.2, 0.25) is 0 Å². The van der Waals surface area contributed by atoms with E-state index >= 15 is 0 Å². The smallest absolute Gasteiger partial charge is 0.221 e. The average Bonchev–Trinajstić information content (AvgIpc) is 3.28. The summed E-state index contributed by atoms with van der Waals surface area (Å²) < 4.78 is 5.31. The third-order valence-electron chi connectivity index (χ3n) is 5.35. The summed E-state index contributed by atoms with van der Waals surface area (Å²) in [5.74, 6) is 1.22. The predicted molar refractivity (Wildman–Crippen MR) is 141 cm³/mol. The molecule has 3 N–H and O–H groups in total. The molecule has 2 aromatic carbocycles. The second-order valence-electron chi connectivity index (χ2n) is 7.79. The van der Waals surface area contributed by atoms with Crippen LogP contribution in [0.3, 0.4) is 0 Å². The van der Waals surface area contributed by atoms with Gasteiger partial charge in [-0.15, -0.1) is 24.0 Å². The van der Waals surface area contributed by atoms with Crippen molar-refractivity contribution < 1.29 is 9.53 Å². The molecule has 1 aliphatic rings. The van der Waals surface area contributed by atoms with Crippen molar-refractivity contribution in [2.45, 2.75) is 39.4 Å². The number of anilines is 1. The van der Waals surface area contributed by atoms with Gasteiger partial charge in [0.15, 0.2) is 5.96 Å². The Bertz CT molecular complexity index is 896. The first-order valence-corrected chi connectivity index (χ1v) is 10.8. The van der Waals surface area contributed by atoms with E-state index in [0.717, 1.165) is 18.1 Å². The molecule has 0 atom stereocenters. The molecule has 0 aliphatic carbocycles. The molecule has 3 rings (SSSR count). The van der Waals surface area contributed by atoms with Crippen LogP contribution in [-0.4, -0.2) is 44.0 Å². The van der Waals surface area contributed by atoms with Gasteiger partial charge in [0.2, 0.25) is 5.91 Å². The van der Waals surface area contributed by atoms with Crippen molar-refractivity contribution in [3.63, 3.8) is 0 Å². The van der Waals surface area contributed by atoms with Crippen LogP contribution in [0, 0.1) is 0 Å². The molecular weight excluding hydrogens is 517 g/mol. The number of hydrogen-bond acceptors (Lipinski definition) is 4. The first-order chi connectivity index (χ1) is 15.1. The Kier molecular flexibility index (Phi) is 10.8. The Morgan fingerprint density at radius 3 is 2.19 bits per heavy atom. The van der Waals surface area contributed by atoms with E-state index in [9.17, 15) is 4.79 Å². The van der Waals surface area contributed by atoms with E-state index in [1.54, 1.807) is 14.2 Å². The van der Waals surface area contributed by atoms with Gasteiger partial charge in [0.25, 0.3) is 0 Å². The largest absolute Gasteiger partial charge is 0.495 e. The van der Waals surface area contributed by atoms with Gasteiger partial charge in [0.1, 0.15) is 5.75 Å². The highest BCUT2D eigenvalue weighted by Gasteiger charge is 2.11. The molecule has 0 saturated carbocycles. The number of aliphatic imine (C=N–C) groups is 1. The number of nitrogens with one attached hydrogen (secondary N) is 3. The SMILES string of the molecule is CN=C(NCc1ccc(CN2CCCC2)cc1)NCc1ccc(OC)c(NC(C)=O)c1.I. The number of hydrogen-bond donors (Lipinski definition) is 3. The molecule has 0 unspecified atom stereocenters. The molecule has 0 aromatic heterocycles. The number of carbonyl (C=O) groups excluding carboxylic acids is 1. The Hall–Kier alpha value is -2.33. The fraction of sp³-hybridized carbons (Fsp3) is 0.417. The molecule has 0 spiro atoms. The van der Waals surface area contributed by atoms with E-state index in [4.69, 9.17) is 4.74 Å². The lowest BCUT2D eigenvalue weighted by Crippen LogP contribution is -2.36. The highest BCUT2D eigenvalue weighted by atomic mass is 127. The number of amides is 1. The molecule has 8 heteroatoms. The van der Waals surface area contributed by atoms with Crippen LogP contribution < -0.4 is 20.7 Å². The molecule has 1 heterocycles. The van der Waals surface area contributed by atoms with Gasteiger partial charge in [0.05, 0.1) is 12.8 Å². The summed E-state index contributed by atoms with van der Waals surface area (Å²) in [6, 6.07) is 14.5. The quantitative estimate of drug-likeness (QED) is 0.265.